The Morgan fingerprint density at radius 2 is 2.14 bits per heavy atom. The smallest absolute Gasteiger partial charge is 0.236 e. The molecular formula is C25H29N7O2S. The minimum Gasteiger partial charge on any atom is -0.494 e. The molecule has 1 saturated heterocycles. The number of aromatic nitrogens is 4. The molecule has 1 aliphatic heterocycles. The van der Waals surface area contributed by atoms with Gasteiger partial charge in [-0.2, -0.15) is 5.10 Å². The number of rotatable bonds is 6. The monoisotopic (exact) mass is 491 g/mol. The van der Waals surface area contributed by atoms with Gasteiger partial charge in [-0.05, 0) is 50.2 Å². The number of likely N-dealkylation sites (tertiary alicyclic amines) is 1. The van der Waals surface area contributed by atoms with Crippen molar-refractivity contribution in [2.75, 3.05) is 32.1 Å². The van der Waals surface area contributed by atoms with Crippen LogP contribution in [0.2, 0.25) is 0 Å². The summed E-state index contributed by atoms with van der Waals surface area (Å²) in [5, 5.41) is 16.2. The first-order chi connectivity index (χ1) is 17.2. The minimum atomic E-state index is 0.229. The number of methoxy groups -OCH3 is 1. The second-order valence-corrected chi connectivity index (χ2v) is 10.4. The molecule has 2 aliphatic rings. The second-order valence-electron chi connectivity index (χ2n) is 9.30. The Hall–Kier alpha value is -3.24. The van der Waals surface area contributed by atoms with Crippen molar-refractivity contribution in [3.05, 3.63) is 35.1 Å². The number of aromatic amines is 1. The summed E-state index contributed by atoms with van der Waals surface area (Å²) in [5.74, 6) is 1.74. The number of thiophene rings is 1. The minimum absolute atomic E-state index is 0.229. The lowest BCUT2D eigenvalue weighted by Crippen LogP contribution is -2.45. The summed E-state index contributed by atoms with van der Waals surface area (Å²) in [6.45, 7) is 2.23. The van der Waals surface area contributed by atoms with Crippen molar-refractivity contribution in [1.82, 2.24) is 30.4 Å². The average Bonchev–Trinajstić information content (AvgIpc) is 3.51. The summed E-state index contributed by atoms with van der Waals surface area (Å²) in [4.78, 5) is 26.1. The van der Waals surface area contributed by atoms with E-state index in [2.05, 4.69) is 30.8 Å². The Bertz CT molecular complexity index is 1380. The van der Waals surface area contributed by atoms with Gasteiger partial charge in [0.25, 0.3) is 0 Å². The number of hydrogen-bond acceptors (Lipinski definition) is 8. The third-order valence-corrected chi connectivity index (χ3v) is 8.27. The predicted octanol–water partition coefficient (Wildman–Crippen LogP) is 3.78. The number of carbonyl (C=O) groups excluding carboxylic acids is 1. The topological polar surface area (TPSA) is 108 Å². The number of H-pyrrole nitrogens is 1. The standard InChI is InChI=1S/C25H29N7O2S/c1-34-20-11-18-15(12-29-31-18)9-19(20)30-24-23-17-6-5-16(10-21(17)35-25(23)28-14-27-24)26-13-22(33)32-7-3-2-4-8-32/h9,11-12,14,16,26H,2-8,10,13H2,1H3,(H,29,31)(H,27,28,30). The van der Waals surface area contributed by atoms with Crippen LogP contribution in [0.4, 0.5) is 11.5 Å². The number of hydrogen-bond donors (Lipinski definition) is 3. The van der Waals surface area contributed by atoms with Crippen molar-refractivity contribution in [1.29, 1.82) is 0 Å². The van der Waals surface area contributed by atoms with Gasteiger partial charge in [0, 0.05) is 35.5 Å². The number of amides is 1. The fraction of sp³-hybridized carbons (Fsp3) is 0.440. The first-order valence-electron chi connectivity index (χ1n) is 12.2. The van der Waals surface area contributed by atoms with Gasteiger partial charge in [-0.3, -0.25) is 9.89 Å². The van der Waals surface area contributed by atoms with Crippen molar-refractivity contribution in [2.24, 2.45) is 0 Å². The summed E-state index contributed by atoms with van der Waals surface area (Å²) in [6.07, 6.45) is 9.73. The Morgan fingerprint density at radius 3 is 3.00 bits per heavy atom. The molecule has 0 spiro atoms. The van der Waals surface area contributed by atoms with Crippen molar-refractivity contribution in [2.45, 2.75) is 44.6 Å². The van der Waals surface area contributed by atoms with Crippen LogP contribution in [0.15, 0.2) is 24.7 Å². The van der Waals surface area contributed by atoms with Gasteiger partial charge < -0.3 is 20.3 Å². The molecule has 1 fully saturated rings. The Balaban J connectivity index is 1.22. The summed E-state index contributed by atoms with van der Waals surface area (Å²) < 4.78 is 5.61. The highest BCUT2D eigenvalue weighted by molar-refractivity contribution is 7.19. The molecule has 9 nitrogen and oxygen atoms in total. The van der Waals surface area contributed by atoms with E-state index in [1.165, 1.54) is 16.9 Å². The molecule has 0 saturated carbocycles. The number of anilines is 2. The first kappa shape index (κ1) is 22.2. The number of aryl methyl sites for hydroxylation is 1. The van der Waals surface area contributed by atoms with E-state index in [0.29, 0.717) is 12.6 Å². The van der Waals surface area contributed by atoms with Crippen molar-refractivity contribution in [3.63, 3.8) is 0 Å². The highest BCUT2D eigenvalue weighted by atomic mass is 32.1. The molecule has 1 aliphatic carbocycles. The number of piperidine rings is 1. The lowest BCUT2D eigenvalue weighted by Gasteiger charge is -2.29. The van der Waals surface area contributed by atoms with Crippen LogP contribution in [0.5, 0.6) is 5.75 Å². The van der Waals surface area contributed by atoms with E-state index in [1.807, 2.05) is 17.0 Å². The van der Waals surface area contributed by atoms with Crippen LogP contribution in [-0.4, -0.2) is 63.8 Å². The average molecular weight is 492 g/mol. The Morgan fingerprint density at radius 1 is 1.26 bits per heavy atom. The maximum absolute atomic E-state index is 12.6. The Labute approximate surface area is 207 Å². The largest absolute Gasteiger partial charge is 0.494 e. The molecule has 1 amide bonds. The number of fused-ring (bicyclic) bond motifs is 4. The zero-order chi connectivity index (χ0) is 23.8. The predicted molar refractivity (Wildman–Crippen MR) is 138 cm³/mol. The third kappa shape index (κ3) is 4.32. The highest BCUT2D eigenvalue weighted by Crippen LogP contribution is 2.40. The summed E-state index contributed by atoms with van der Waals surface area (Å²) in [6, 6.07) is 4.26. The van der Waals surface area contributed by atoms with Gasteiger partial charge in [0.1, 0.15) is 22.7 Å². The maximum atomic E-state index is 12.6. The quantitative estimate of drug-likeness (QED) is 0.377. The normalized spacial score (nSPS) is 18.1. The lowest BCUT2D eigenvalue weighted by molar-refractivity contribution is -0.131. The third-order valence-electron chi connectivity index (χ3n) is 7.11. The number of carbonyl (C=O) groups is 1. The van der Waals surface area contributed by atoms with Gasteiger partial charge in [0.2, 0.25) is 5.91 Å². The zero-order valence-electron chi connectivity index (χ0n) is 19.8. The molecule has 1 atom stereocenters. The van der Waals surface area contributed by atoms with Crippen LogP contribution in [-0.2, 0) is 17.6 Å². The second kappa shape index (κ2) is 9.43. The van der Waals surface area contributed by atoms with Crippen molar-refractivity contribution in [3.8, 4) is 5.75 Å². The number of nitrogens with one attached hydrogen (secondary N) is 3. The molecule has 4 heterocycles. The molecule has 1 aromatic carbocycles. The van der Waals surface area contributed by atoms with E-state index in [1.54, 1.807) is 31.0 Å². The number of benzene rings is 1. The Kier molecular flexibility index (Phi) is 5.99. The highest BCUT2D eigenvalue weighted by Gasteiger charge is 2.26. The lowest BCUT2D eigenvalue weighted by atomic mass is 9.93. The molecule has 182 valence electrons. The summed E-state index contributed by atoms with van der Waals surface area (Å²) >= 11 is 1.73. The van der Waals surface area contributed by atoms with Crippen LogP contribution < -0.4 is 15.4 Å². The van der Waals surface area contributed by atoms with Crippen LogP contribution in [0.3, 0.4) is 0 Å². The molecule has 4 aromatic rings. The van der Waals surface area contributed by atoms with Gasteiger partial charge in [-0.1, -0.05) is 0 Å². The van der Waals surface area contributed by atoms with E-state index in [-0.39, 0.29) is 5.91 Å². The molecule has 0 bridgehead atoms. The zero-order valence-corrected chi connectivity index (χ0v) is 20.6. The van der Waals surface area contributed by atoms with E-state index in [0.717, 1.165) is 83.6 Å². The van der Waals surface area contributed by atoms with Crippen LogP contribution in [0.1, 0.15) is 36.1 Å². The number of ether oxygens (including phenoxy) is 1. The molecule has 0 radical (unpaired) electrons. The molecule has 35 heavy (non-hydrogen) atoms. The van der Waals surface area contributed by atoms with Crippen molar-refractivity contribution < 1.29 is 9.53 Å². The molecule has 1 unspecified atom stereocenters. The van der Waals surface area contributed by atoms with E-state index >= 15 is 0 Å². The molecule has 10 heteroatoms. The maximum Gasteiger partial charge on any atom is 0.236 e. The summed E-state index contributed by atoms with van der Waals surface area (Å²) in [5.41, 5.74) is 3.08. The molecule has 3 N–H and O–H groups in total. The fourth-order valence-electron chi connectivity index (χ4n) is 5.23. The first-order valence-corrected chi connectivity index (χ1v) is 13.1. The molecular weight excluding hydrogens is 462 g/mol. The van der Waals surface area contributed by atoms with Gasteiger partial charge >= 0.3 is 0 Å². The van der Waals surface area contributed by atoms with E-state index < -0.39 is 0 Å². The van der Waals surface area contributed by atoms with Gasteiger partial charge in [0.05, 0.1) is 36.4 Å². The van der Waals surface area contributed by atoms with Gasteiger partial charge in [0.15, 0.2) is 0 Å². The van der Waals surface area contributed by atoms with Crippen LogP contribution >= 0.6 is 11.3 Å². The van der Waals surface area contributed by atoms with Crippen LogP contribution in [0.25, 0.3) is 21.1 Å². The number of nitrogens with zero attached hydrogens (tertiary/aromatic N) is 4. The SMILES string of the molecule is COc1cc2[nH]ncc2cc1Nc1ncnc2sc3c(c12)CCC(NCC(=O)N1CCCCC1)C3. The van der Waals surface area contributed by atoms with E-state index in [4.69, 9.17) is 4.74 Å². The fourth-order valence-corrected chi connectivity index (χ4v) is 6.50. The van der Waals surface area contributed by atoms with E-state index in [9.17, 15) is 4.79 Å². The van der Waals surface area contributed by atoms with Crippen molar-refractivity contribution >= 4 is 49.9 Å². The molecule has 3 aromatic heterocycles. The van der Waals surface area contributed by atoms with Gasteiger partial charge in [-0.15, -0.1) is 11.3 Å². The summed E-state index contributed by atoms with van der Waals surface area (Å²) in [7, 11) is 1.66. The van der Waals surface area contributed by atoms with Gasteiger partial charge in [-0.25, -0.2) is 9.97 Å². The van der Waals surface area contributed by atoms with Crippen LogP contribution in [0, 0.1) is 0 Å². The molecule has 6 rings (SSSR count).